The molecular weight excluding hydrogens is 369 g/mol. The normalized spacial score (nSPS) is 17.5. The van der Waals surface area contributed by atoms with Gasteiger partial charge in [0.15, 0.2) is 0 Å². The van der Waals surface area contributed by atoms with E-state index in [4.69, 9.17) is 0 Å². The summed E-state index contributed by atoms with van der Waals surface area (Å²) in [4.78, 5) is 15.4. The Kier molecular flexibility index (Phi) is 5.60. The van der Waals surface area contributed by atoms with Crippen LogP contribution in [-0.2, 0) is 4.79 Å². The molecule has 2 nitrogen and oxygen atoms in total. The fourth-order valence-corrected chi connectivity index (χ4v) is 5.35. The first-order valence-corrected chi connectivity index (χ1v) is 10.6. The van der Waals surface area contributed by atoms with Gasteiger partial charge >= 0.3 is 148 Å². The van der Waals surface area contributed by atoms with E-state index in [9.17, 15) is 4.79 Å². The molecule has 0 saturated carbocycles. The number of anilines is 1. The van der Waals surface area contributed by atoms with Gasteiger partial charge in [-0.05, 0) is 0 Å². The van der Waals surface area contributed by atoms with E-state index >= 15 is 0 Å². The van der Waals surface area contributed by atoms with Gasteiger partial charge in [0.25, 0.3) is 0 Å². The van der Waals surface area contributed by atoms with E-state index in [1.807, 2.05) is 25.2 Å². The molecule has 2 aromatic rings. The zero-order valence-electron chi connectivity index (χ0n) is 13.0. The van der Waals surface area contributed by atoms with Gasteiger partial charge in [0, 0.05) is 0 Å². The van der Waals surface area contributed by atoms with Crippen molar-refractivity contribution in [3.63, 3.8) is 0 Å². The number of carbonyl (C=O) groups excluding carboxylic acids is 1. The van der Waals surface area contributed by atoms with Crippen LogP contribution in [0.5, 0.6) is 0 Å². The van der Waals surface area contributed by atoms with Gasteiger partial charge in [-0.25, -0.2) is 0 Å². The number of thioether (sulfide) groups is 1. The van der Waals surface area contributed by atoms with E-state index < -0.39 is 0 Å². The molecule has 0 aromatic heterocycles. The maximum absolute atomic E-state index is 12.4. The molecule has 3 rings (SSSR count). The number of allylic oxidation sites excluding steroid dienone is 2. The molecule has 1 heterocycles. The summed E-state index contributed by atoms with van der Waals surface area (Å²) in [7, 11) is 1.87. The number of hydrogen-bond donors (Lipinski definition) is 0. The molecule has 0 spiro atoms. The van der Waals surface area contributed by atoms with Gasteiger partial charge in [0.1, 0.15) is 0 Å². The van der Waals surface area contributed by atoms with E-state index in [1.165, 1.54) is 9.36 Å². The molecule has 4 heteroatoms. The minimum absolute atomic E-state index is 0.00428. The SMILES string of the molecule is CN1C(=O)C(C/C=C\C[Se]c2ccccc2)Sc2ccccc21. The number of fused-ring (bicyclic) bond motifs is 1. The number of amides is 1. The number of nitrogens with zero attached hydrogens (tertiary/aromatic N) is 1. The number of carbonyl (C=O) groups is 1. The van der Waals surface area contributed by atoms with Crippen molar-refractivity contribution in [2.45, 2.75) is 21.9 Å². The predicted molar refractivity (Wildman–Crippen MR) is 99.9 cm³/mol. The molecule has 0 N–H and O–H groups in total. The van der Waals surface area contributed by atoms with Crippen molar-refractivity contribution in [3.8, 4) is 0 Å². The first-order valence-electron chi connectivity index (χ1n) is 7.62. The van der Waals surface area contributed by atoms with Crippen molar-refractivity contribution in [2.75, 3.05) is 11.9 Å². The van der Waals surface area contributed by atoms with Crippen LogP contribution in [-0.4, -0.2) is 33.2 Å². The van der Waals surface area contributed by atoms with Crippen molar-refractivity contribution < 1.29 is 4.79 Å². The predicted octanol–water partition coefficient (Wildman–Crippen LogP) is 3.52. The molecule has 0 radical (unpaired) electrons. The summed E-state index contributed by atoms with van der Waals surface area (Å²) < 4.78 is 1.42. The van der Waals surface area contributed by atoms with Crippen molar-refractivity contribution in [1.29, 1.82) is 0 Å². The van der Waals surface area contributed by atoms with Crippen LogP contribution in [0.4, 0.5) is 5.69 Å². The molecule has 0 aliphatic carbocycles. The first kappa shape index (κ1) is 16.4. The van der Waals surface area contributed by atoms with E-state index in [0.717, 1.165) is 17.4 Å². The molecule has 0 bridgehead atoms. The molecule has 2 aromatic carbocycles. The van der Waals surface area contributed by atoms with Crippen LogP contribution < -0.4 is 9.36 Å². The van der Waals surface area contributed by atoms with E-state index in [1.54, 1.807) is 16.7 Å². The molecule has 0 fully saturated rings. The van der Waals surface area contributed by atoms with Crippen LogP contribution in [0.1, 0.15) is 6.42 Å². The quantitative estimate of drug-likeness (QED) is 0.577. The number of benzene rings is 2. The van der Waals surface area contributed by atoms with Crippen molar-refractivity contribution >= 4 is 42.8 Å². The molecule has 118 valence electrons. The van der Waals surface area contributed by atoms with Gasteiger partial charge in [0.2, 0.25) is 0 Å². The summed E-state index contributed by atoms with van der Waals surface area (Å²) in [5.41, 5.74) is 1.02. The monoisotopic (exact) mass is 389 g/mol. The summed E-state index contributed by atoms with van der Waals surface area (Å²) in [6, 6.07) is 18.7. The summed E-state index contributed by atoms with van der Waals surface area (Å²) in [6.45, 7) is 0. The van der Waals surface area contributed by atoms with Crippen LogP contribution >= 0.6 is 11.8 Å². The Balaban J connectivity index is 1.54. The van der Waals surface area contributed by atoms with Crippen molar-refractivity contribution in [3.05, 3.63) is 66.7 Å². The zero-order chi connectivity index (χ0) is 16.1. The molecule has 1 amide bonds. The van der Waals surface area contributed by atoms with Crippen LogP contribution in [0, 0.1) is 0 Å². The van der Waals surface area contributed by atoms with Gasteiger partial charge in [-0.2, -0.15) is 0 Å². The molecule has 0 saturated heterocycles. The zero-order valence-corrected chi connectivity index (χ0v) is 15.5. The third-order valence-electron chi connectivity index (χ3n) is 3.71. The average Bonchev–Trinajstić information content (AvgIpc) is 2.60. The van der Waals surface area contributed by atoms with Gasteiger partial charge in [-0.3, -0.25) is 0 Å². The van der Waals surface area contributed by atoms with Crippen molar-refractivity contribution in [1.82, 2.24) is 0 Å². The Morgan fingerprint density at radius 1 is 1.09 bits per heavy atom. The third-order valence-corrected chi connectivity index (χ3v) is 7.01. The summed E-state index contributed by atoms with van der Waals surface area (Å²) in [5.74, 6) is 0.201. The Bertz CT molecular complexity index is 702. The van der Waals surface area contributed by atoms with E-state index in [0.29, 0.717) is 15.0 Å². The topological polar surface area (TPSA) is 20.3 Å². The molecule has 1 atom stereocenters. The van der Waals surface area contributed by atoms with Gasteiger partial charge < -0.3 is 0 Å². The second-order valence-electron chi connectivity index (χ2n) is 5.30. The molecular formula is C19H19NOSSe. The number of para-hydroxylation sites is 1. The Morgan fingerprint density at radius 2 is 1.83 bits per heavy atom. The summed E-state index contributed by atoms with van der Waals surface area (Å²) >= 11 is 2.16. The van der Waals surface area contributed by atoms with Crippen LogP contribution in [0.25, 0.3) is 0 Å². The Morgan fingerprint density at radius 3 is 2.65 bits per heavy atom. The van der Waals surface area contributed by atoms with Crippen LogP contribution in [0.15, 0.2) is 71.6 Å². The average molecular weight is 388 g/mol. The second kappa shape index (κ2) is 7.87. The van der Waals surface area contributed by atoms with Crippen LogP contribution in [0.2, 0.25) is 5.32 Å². The molecule has 1 aliphatic rings. The van der Waals surface area contributed by atoms with Gasteiger partial charge in [-0.1, -0.05) is 0 Å². The molecule has 1 unspecified atom stereocenters. The van der Waals surface area contributed by atoms with Crippen LogP contribution in [0.3, 0.4) is 0 Å². The fourth-order valence-electron chi connectivity index (χ4n) is 2.47. The number of hydrogen-bond acceptors (Lipinski definition) is 2. The fraction of sp³-hybridized carbons (Fsp3) is 0.211. The standard InChI is InChI=1S/C19H19NOSSe/c1-20-16-11-5-6-12-17(16)22-18(19(20)21)13-7-8-14-23-15-9-3-2-4-10-15/h2-12,18H,13-14H2,1H3/b8-7-. The van der Waals surface area contributed by atoms with Gasteiger partial charge in [0.05, 0.1) is 0 Å². The van der Waals surface area contributed by atoms with Crippen molar-refractivity contribution in [2.24, 2.45) is 0 Å². The first-order chi connectivity index (χ1) is 11.3. The van der Waals surface area contributed by atoms with Gasteiger partial charge in [-0.15, -0.1) is 0 Å². The summed E-state index contributed by atoms with van der Waals surface area (Å²) in [6.07, 6.45) is 5.19. The van der Waals surface area contributed by atoms with E-state index in [-0.39, 0.29) is 11.2 Å². The maximum atomic E-state index is 12.4. The molecule has 23 heavy (non-hydrogen) atoms. The second-order valence-corrected chi connectivity index (χ2v) is 8.84. The number of rotatable bonds is 5. The Hall–Kier alpha value is -1.48. The van der Waals surface area contributed by atoms with E-state index in [2.05, 4.69) is 48.6 Å². The Labute approximate surface area is 148 Å². The third kappa shape index (κ3) is 4.08. The minimum atomic E-state index is -0.00428. The molecule has 1 aliphatic heterocycles. The summed E-state index contributed by atoms with van der Waals surface area (Å²) in [5, 5.41) is 1.07.